The van der Waals surface area contributed by atoms with E-state index in [1.54, 1.807) is 52.8 Å². The Hall–Kier alpha value is -4.61. The van der Waals surface area contributed by atoms with Crippen molar-refractivity contribution in [1.82, 2.24) is 5.32 Å². The molecule has 3 aliphatic carbocycles. The molecule has 2 aromatic rings. The van der Waals surface area contributed by atoms with E-state index in [0.29, 0.717) is 0 Å². The molecule has 1 aliphatic heterocycles. The van der Waals surface area contributed by atoms with Gasteiger partial charge in [-0.1, -0.05) is 32.0 Å². The first kappa shape index (κ1) is 43.0. The number of hydrogen-bond acceptors (Lipinski definition) is 15. The van der Waals surface area contributed by atoms with Gasteiger partial charge in [-0.15, -0.1) is 0 Å². The molecule has 0 unspecified atom stereocenters. The van der Waals surface area contributed by atoms with E-state index < -0.39 is 112 Å². The van der Waals surface area contributed by atoms with Gasteiger partial charge in [-0.25, -0.2) is 14.4 Å². The lowest BCUT2D eigenvalue weighted by Crippen LogP contribution is -2.81. The molecular formula is C42H53NO15. The van der Waals surface area contributed by atoms with Crippen LogP contribution in [0.1, 0.15) is 90.4 Å². The first-order valence-electron chi connectivity index (χ1n) is 19.2. The van der Waals surface area contributed by atoms with E-state index in [1.807, 2.05) is 0 Å². The summed E-state index contributed by atoms with van der Waals surface area (Å²) in [7, 11) is 1.40. The summed E-state index contributed by atoms with van der Waals surface area (Å²) in [5.74, 6) is -5.10. The summed E-state index contributed by atoms with van der Waals surface area (Å²) in [6, 6.07) is 9.40. The van der Waals surface area contributed by atoms with Gasteiger partial charge < -0.3 is 53.5 Å². The zero-order chi connectivity index (χ0) is 42.7. The van der Waals surface area contributed by atoms with Gasteiger partial charge in [0, 0.05) is 38.2 Å². The number of esters is 3. The van der Waals surface area contributed by atoms with Gasteiger partial charge in [-0.05, 0) is 70.0 Å². The Labute approximate surface area is 336 Å². The SMILES string of the molecule is CO[C@@]12CO[C@@H]1C[C@H](O)[C@@]1(C)C(=O)[C@H](OC(C)=O)C3=C(C)[C@@H](OC(=O)[C@H](O)[C@@H](NC(=O)OC(C)(C)C)c4ccco4)C[C@@](O)([C@@H](OC(=O)c4ccccc4)[C@H]21)C3(C)C. The highest BCUT2D eigenvalue weighted by molar-refractivity contribution is 5.95. The van der Waals surface area contributed by atoms with Gasteiger partial charge in [0.05, 0.1) is 36.1 Å². The number of benzene rings is 1. The average molecular weight is 812 g/mol. The Kier molecular flexibility index (Phi) is 11.3. The Bertz CT molecular complexity index is 1950. The van der Waals surface area contributed by atoms with E-state index in [9.17, 15) is 34.5 Å². The maximum absolute atomic E-state index is 15.3. The molecule has 4 N–H and O–H groups in total. The molecule has 316 valence electrons. The van der Waals surface area contributed by atoms with Crippen molar-refractivity contribution in [2.75, 3.05) is 13.7 Å². The van der Waals surface area contributed by atoms with Crippen LogP contribution in [0.4, 0.5) is 4.79 Å². The number of rotatable bonds is 9. The fourth-order valence-electron chi connectivity index (χ4n) is 9.46. The topological polar surface area (TPSA) is 227 Å². The summed E-state index contributed by atoms with van der Waals surface area (Å²) in [6.07, 6.45) is -9.48. The fourth-order valence-corrected chi connectivity index (χ4v) is 9.46. The third-order valence-corrected chi connectivity index (χ3v) is 12.6. The number of alkyl carbamates (subject to hydrolysis) is 1. The lowest BCUT2D eigenvalue weighted by molar-refractivity contribution is -0.350. The molecule has 0 radical (unpaired) electrons. The molecule has 0 spiro atoms. The van der Waals surface area contributed by atoms with Gasteiger partial charge in [-0.2, -0.15) is 0 Å². The quantitative estimate of drug-likeness (QED) is 0.162. The second kappa shape index (κ2) is 15.2. The minimum absolute atomic E-state index is 0.00960. The molecule has 1 saturated heterocycles. The van der Waals surface area contributed by atoms with Crippen LogP contribution in [-0.4, -0.2) is 112 Å². The number of Topliss-reactive ketones (excluding diaryl/α,β-unsaturated/α-hetero) is 1. The Morgan fingerprint density at radius 3 is 2.22 bits per heavy atom. The number of fused-ring (bicyclic) bond motifs is 5. The molecule has 1 aromatic carbocycles. The second-order valence-corrected chi connectivity index (χ2v) is 17.4. The summed E-state index contributed by atoms with van der Waals surface area (Å²) in [4.78, 5) is 69.3. The van der Waals surface area contributed by atoms with Gasteiger partial charge in [0.25, 0.3) is 0 Å². The van der Waals surface area contributed by atoms with Crippen molar-refractivity contribution >= 4 is 29.8 Å². The maximum atomic E-state index is 15.3. The summed E-state index contributed by atoms with van der Waals surface area (Å²) in [5.41, 5.74) is -7.76. The first-order valence-corrected chi connectivity index (χ1v) is 19.2. The largest absolute Gasteiger partial charge is 0.467 e. The van der Waals surface area contributed by atoms with Gasteiger partial charge >= 0.3 is 24.0 Å². The highest BCUT2D eigenvalue weighted by Crippen LogP contribution is 2.64. The third kappa shape index (κ3) is 7.01. The summed E-state index contributed by atoms with van der Waals surface area (Å²) in [6.45, 7) is 12.1. The molecule has 4 aliphatic rings. The predicted octanol–water partition coefficient (Wildman–Crippen LogP) is 3.51. The van der Waals surface area contributed by atoms with E-state index in [0.717, 1.165) is 6.92 Å². The van der Waals surface area contributed by atoms with Crippen molar-refractivity contribution in [2.45, 2.75) is 128 Å². The summed E-state index contributed by atoms with van der Waals surface area (Å²) >= 11 is 0. The van der Waals surface area contributed by atoms with E-state index >= 15 is 4.79 Å². The number of nitrogens with one attached hydrogen (secondary N) is 1. The fraction of sp³-hybridized carbons (Fsp3) is 0.595. The van der Waals surface area contributed by atoms with Crippen molar-refractivity contribution in [1.29, 1.82) is 0 Å². The minimum atomic E-state index is -2.29. The maximum Gasteiger partial charge on any atom is 0.408 e. The molecular weight excluding hydrogens is 758 g/mol. The van der Waals surface area contributed by atoms with Gasteiger partial charge in [0.1, 0.15) is 40.8 Å². The minimum Gasteiger partial charge on any atom is -0.467 e. The number of furan rings is 1. The number of amides is 1. The number of carbonyl (C=O) groups is 5. The van der Waals surface area contributed by atoms with Crippen molar-refractivity contribution in [3.8, 4) is 0 Å². The highest BCUT2D eigenvalue weighted by Gasteiger charge is 2.77. The van der Waals surface area contributed by atoms with Crippen LogP contribution in [0, 0.1) is 16.7 Å². The van der Waals surface area contributed by atoms with Crippen molar-refractivity contribution in [2.24, 2.45) is 16.7 Å². The van der Waals surface area contributed by atoms with Crippen LogP contribution in [0.15, 0.2) is 64.3 Å². The van der Waals surface area contributed by atoms with Crippen LogP contribution in [-0.2, 0) is 42.8 Å². The molecule has 58 heavy (non-hydrogen) atoms. The molecule has 2 saturated carbocycles. The Morgan fingerprint density at radius 2 is 1.67 bits per heavy atom. The molecule has 1 amide bonds. The predicted molar refractivity (Wildman–Crippen MR) is 201 cm³/mol. The Morgan fingerprint density at radius 1 is 1.00 bits per heavy atom. The number of ether oxygens (including phenoxy) is 6. The van der Waals surface area contributed by atoms with E-state index in [4.69, 9.17) is 32.8 Å². The van der Waals surface area contributed by atoms with Gasteiger partial charge in [-0.3, -0.25) is 9.59 Å². The zero-order valence-corrected chi connectivity index (χ0v) is 34.1. The van der Waals surface area contributed by atoms with Gasteiger partial charge in [0.15, 0.2) is 18.0 Å². The number of aliphatic hydroxyl groups is 3. The summed E-state index contributed by atoms with van der Waals surface area (Å²) < 4.78 is 41.1. The smallest absolute Gasteiger partial charge is 0.408 e. The third-order valence-electron chi connectivity index (χ3n) is 12.6. The van der Waals surface area contributed by atoms with Crippen LogP contribution in [0.3, 0.4) is 0 Å². The molecule has 16 heteroatoms. The molecule has 2 heterocycles. The lowest BCUT2D eigenvalue weighted by atomic mass is 9.44. The van der Waals surface area contributed by atoms with E-state index in [-0.39, 0.29) is 35.5 Å². The van der Waals surface area contributed by atoms with Crippen LogP contribution >= 0.6 is 0 Å². The molecule has 11 atom stereocenters. The van der Waals surface area contributed by atoms with Gasteiger partial charge in [0.2, 0.25) is 0 Å². The summed E-state index contributed by atoms with van der Waals surface area (Å²) in [5, 5.41) is 39.5. The standard InChI is InChI=1S/C42H53NO15/c1-21-25(56-36(49)30(46)29(24-16-13-17-53-24)43-37(50)58-38(3,4)5)19-42(51)34(57-35(48)23-14-11-10-12-15-23)32-40(8,26(45)18-27-41(32,52-9)20-54-27)33(47)31(55-22(2)44)28(21)39(42,6)7/h10-17,25-27,29-32,34,45-46,51H,18-20H2,1-9H3,(H,43,50)/t25-,26-,27+,29-,30+,31+,32-,34-,40+,41-,42+/m0/s1. The number of ketones is 1. The molecule has 1 aromatic heterocycles. The monoisotopic (exact) mass is 811 g/mol. The molecule has 2 bridgehead atoms. The van der Waals surface area contributed by atoms with E-state index in [1.165, 1.54) is 51.5 Å². The Balaban J connectivity index is 1.51. The average Bonchev–Trinajstić information content (AvgIpc) is 3.68. The van der Waals surface area contributed by atoms with Crippen LogP contribution in [0.25, 0.3) is 0 Å². The van der Waals surface area contributed by atoms with E-state index in [2.05, 4.69) is 5.32 Å². The van der Waals surface area contributed by atoms with Crippen molar-refractivity contribution in [3.05, 3.63) is 71.2 Å². The lowest BCUT2D eigenvalue weighted by Gasteiger charge is -2.67. The van der Waals surface area contributed by atoms with Crippen molar-refractivity contribution < 1.29 is 72.1 Å². The molecule has 16 nitrogen and oxygen atoms in total. The van der Waals surface area contributed by atoms with Crippen LogP contribution < -0.4 is 5.32 Å². The first-order chi connectivity index (χ1) is 27.0. The molecule has 6 rings (SSSR count). The normalized spacial score (nSPS) is 33.8. The van der Waals surface area contributed by atoms with Crippen LogP contribution in [0.5, 0.6) is 0 Å². The number of hydrogen-bond donors (Lipinski definition) is 4. The van der Waals surface area contributed by atoms with Crippen molar-refractivity contribution in [3.63, 3.8) is 0 Å². The second-order valence-electron chi connectivity index (χ2n) is 17.4. The number of carbonyl (C=O) groups excluding carboxylic acids is 5. The molecule has 3 fully saturated rings. The number of methoxy groups -OCH3 is 1. The van der Waals surface area contributed by atoms with Crippen LogP contribution in [0.2, 0.25) is 0 Å². The zero-order valence-electron chi connectivity index (χ0n) is 34.1. The highest BCUT2D eigenvalue weighted by atomic mass is 16.6. The number of aliphatic hydroxyl groups excluding tert-OH is 2.